The largest absolute Gasteiger partial charge is 0.336 e. The second kappa shape index (κ2) is 6.20. The summed E-state index contributed by atoms with van der Waals surface area (Å²) in [6, 6.07) is 2.78. The lowest BCUT2D eigenvalue weighted by Gasteiger charge is -2.42. The lowest BCUT2D eigenvalue weighted by Crippen LogP contribution is -2.38. The fraction of sp³-hybridized carbons (Fsp3) is 0.556. The first-order valence-electron chi connectivity index (χ1n) is 8.92. The summed E-state index contributed by atoms with van der Waals surface area (Å²) in [7, 11) is 0. The average molecular weight is 343 g/mol. The summed E-state index contributed by atoms with van der Waals surface area (Å²) in [6.07, 6.45) is 7.55. The molecule has 6 nitrogen and oxygen atoms in total. The highest BCUT2D eigenvalue weighted by Crippen LogP contribution is 2.55. The van der Waals surface area contributed by atoms with Crippen LogP contribution in [0.15, 0.2) is 24.7 Å². The summed E-state index contributed by atoms with van der Waals surface area (Å²) in [5.41, 5.74) is -0.0351. The number of carbonyl (C=O) groups is 1. The maximum Gasteiger partial charge on any atom is 0.275 e. The molecule has 1 unspecified atom stereocenters. The van der Waals surface area contributed by atoms with Crippen molar-refractivity contribution in [3.8, 4) is 0 Å². The van der Waals surface area contributed by atoms with Crippen LogP contribution < -0.4 is 0 Å². The van der Waals surface area contributed by atoms with Crippen LogP contribution in [0.4, 0.5) is 4.39 Å². The van der Waals surface area contributed by atoms with Gasteiger partial charge in [0.2, 0.25) is 0 Å². The highest BCUT2D eigenvalue weighted by molar-refractivity contribution is 5.92. The Balaban J connectivity index is 1.63. The van der Waals surface area contributed by atoms with Crippen LogP contribution in [0.5, 0.6) is 0 Å². The van der Waals surface area contributed by atoms with Crippen molar-refractivity contribution in [2.45, 2.75) is 45.1 Å². The third-order valence-electron chi connectivity index (χ3n) is 5.67. The van der Waals surface area contributed by atoms with Crippen molar-refractivity contribution in [2.75, 3.05) is 13.1 Å². The molecule has 7 heteroatoms. The Bertz CT molecular complexity index is 785. The lowest BCUT2D eigenvalue weighted by molar-refractivity contribution is 0.0713. The van der Waals surface area contributed by atoms with Crippen LogP contribution in [0.1, 0.15) is 54.8 Å². The van der Waals surface area contributed by atoms with E-state index in [1.54, 1.807) is 11.2 Å². The highest BCUT2D eigenvalue weighted by Gasteiger charge is 2.53. The number of hydrogen-bond acceptors (Lipinski definition) is 4. The van der Waals surface area contributed by atoms with Gasteiger partial charge in [-0.25, -0.2) is 9.37 Å². The van der Waals surface area contributed by atoms with E-state index in [1.165, 1.54) is 24.8 Å². The maximum atomic E-state index is 14.0. The van der Waals surface area contributed by atoms with Gasteiger partial charge in [0, 0.05) is 31.7 Å². The molecule has 1 aliphatic carbocycles. The number of amides is 1. The molecule has 1 saturated carbocycles. The maximum absolute atomic E-state index is 14.0. The van der Waals surface area contributed by atoms with Crippen molar-refractivity contribution in [1.82, 2.24) is 24.6 Å². The normalized spacial score (nSPS) is 21.5. The van der Waals surface area contributed by atoms with Crippen molar-refractivity contribution in [2.24, 2.45) is 5.41 Å². The van der Waals surface area contributed by atoms with Gasteiger partial charge in [0.05, 0.1) is 0 Å². The number of pyridine rings is 1. The van der Waals surface area contributed by atoms with Crippen molar-refractivity contribution < 1.29 is 9.18 Å². The summed E-state index contributed by atoms with van der Waals surface area (Å²) < 4.78 is 16.1. The Hall–Kier alpha value is -2.31. The molecular weight excluding hydrogens is 321 g/mol. The van der Waals surface area contributed by atoms with E-state index < -0.39 is 5.82 Å². The first kappa shape index (κ1) is 16.2. The predicted octanol–water partition coefficient (Wildman–Crippen LogP) is 2.63. The van der Waals surface area contributed by atoms with Gasteiger partial charge in [-0.2, -0.15) is 0 Å². The summed E-state index contributed by atoms with van der Waals surface area (Å²) in [5.74, 6) is 0.227. The van der Waals surface area contributed by atoms with Gasteiger partial charge in [-0.05, 0) is 36.8 Å². The number of carbonyl (C=O) groups excluding carboxylic acids is 1. The second-order valence-electron chi connectivity index (χ2n) is 7.17. The Morgan fingerprint density at radius 1 is 1.44 bits per heavy atom. The quantitative estimate of drug-likeness (QED) is 0.856. The number of likely N-dealkylation sites (tertiary alicyclic amines) is 1. The molecule has 2 aromatic rings. The highest BCUT2D eigenvalue weighted by atomic mass is 19.1. The third kappa shape index (κ3) is 2.62. The zero-order valence-corrected chi connectivity index (χ0v) is 14.4. The third-order valence-corrected chi connectivity index (χ3v) is 5.67. The van der Waals surface area contributed by atoms with Crippen molar-refractivity contribution in [3.63, 3.8) is 0 Å². The topological polar surface area (TPSA) is 63.9 Å². The van der Waals surface area contributed by atoms with Crippen LogP contribution in [0.3, 0.4) is 0 Å². The van der Waals surface area contributed by atoms with E-state index in [4.69, 9.17) is 0 Å². The van der Waals surface area contributed by atoms with E-state index in [-0.39, 0.29) is 22.9 Å². The molecule has 3 heterocycles. The van der Waals surface area contributed by atoms with Gasteiger partial charge >= 0.3 is 0 Å². The fourth-order valence-corrected chi connectivity index (χ4v) is 4.26. The van der Waals surface area contributed by atoms with E-state index in [9.17, 15) is 9.18 Å². The summed E-state index contributed by atoms with van der Waals surface area (Å²) >= 11 is 0. The summed E-state index contributed by atoms with van der Waals surface area (Å²) in [6.45, 7) is 4.19. The van der Waals surface area contributed by atoms with Gasteiger partial charge in [-0.15, -0.1) is 10.2 Å². The zero-order valence-electron chi connectivity index (χ0n) is 14.4. The molecule has 1 saturated heterocycles. The molecule has 2 fully saturated rings. The summed E-state index contributed by atoms with van der Waals surface area (Å²) in [5, 5.41) is 8.45. The lowest BCUT2D eigenvalue weighted by atomic mass is 9.62. The Labute approximate surface area is 146 Å². The molecule has 1 aliphatic heterocycles. The minimum Gasteiger partial charge on any atom is -0.336 e. The van der Waals surface area contributed by atoms with Gasteiger partial charge in [0.1, 0.15) is 12.2 Å². The average Bonchev–Trinajstić information content (AvgIpc) is 3.18. The van der Waals surface area contributed by atoms with Crippen LogP contribution in [0.25, 0.3) is 0 Å². The van der Waals surface area contributed by atoms with Crippen molar-refractivity contribution in [3.05, 3.63) is 42.0 Å². The van der Waals surface area contributed by atoms with E-state index >= 15 is 0 Å². The first-order chi connectivity index (χ1) is 12.1. The van der Waals surface area contributed by atoms with Crippen LogP contribution in [0.2, 0.25) is 0 Å². The molecular formula is C18H22FN5O. The monoisotopic (exact) mass is 343 g/mol. The van der Waals surface area contributed by atoms with Gasteiger partial charge < -0.3 is 9.47 Å². The van der Waals surface area contributed by atoms with Crippen LogP contribution in [-0.2, 0) is 6.54 Å². The van der Waals surface area contributed by atoms with Gasteiger partial charge in [0.25, 0.3) is 5.91 Å². The SMILES string of the molecule is CCCn1cnnc1C1CN(C(=O)c2ncccc2F)CC12CCC2. The first-order valence-corrected chi connectivity index (χ1v) is 8.92. The van der Waals surface area contributed by atoms with Crippen LogP contribution in [-0.4, -0.2) is 43.6 Å². The number of nitrogens with zero attached hydrogens (tertiary/aromatic N) is 5. The fourth-order valence-electron chi connectivity index (χ4n) is 4.26. The molecule has 0 N–H and O–H groups in total. The van der Waals surface area contributed by atoms with Crippen molar-refractivity contribution in [1.29, 1.82) is 0 Å². The van der Waals surface area contributed by atoms with E-state index in [1.807, 2.05) is 0 Å². The molecule has 0 aromatic carbocycles. The predicted molar refractivity (Wildman–Crippen MR) is 89.4 cm³/mol. The molecule has 0 bridgehead atoms. The molecule has 2 aromatic heterocycles. The molecule has 0 radical (unpaired) electrons. The van der Waals surface area contributed by atoms with E-state index in [2.05, 4.69) is 26.7 Å². The number of aryl methyl sites for hydroxylation is 1. The number of halogens is 1. The molecule has 132 valence electrons. The standard InChI is InChI=1S/C18H22FN5O/c1-2-9-23-12-21-22-16(23)13-10-24(11-18(13)6-4-7-18)17(25)15-14(19)5-3-8-20-15/h3,5,8,12-13H,2,4,6-7,9-11H2,1H3. The minimum absolute atomic E-state index is 0.0550. The Morgan fingerprint density at radius 3 is 2.96 bits per heavy atom. The van der Waals surface area contributed by atoms with Gasteiger partial charge in [-0.1, -0.05) is 13.3 Å². The smallest absolute Gasteiger partial charge is 0.275 e. The molecule has 1 atom stereocenters. The number of hydrogen-bond donors (Lipinski definition) is 0. The second-order valence-corrected chi connectivity index (χ2v) is 7.17. The van der Waals surface area contributed by atoms with Crippen LogP contribution >= 0.6 is 0 Å². The minimum atomic E-state index is -0.562. The molecule has 1 amide bonds. The van der Waals surface area contributed by atoms with Crippen LogP contribution in [0, 0.1) is 11.2 Å². The van der Waals surface area contributed by atoms with Gasteiger partial charge in [-0.3, -0.25) is 4.79 Å². The molecule has 25 heavy (non-hydrogen) atoms. The van der Waals surface area contributed by atoms with Crippen molar-refractivity contribution >= 4 is 5.91 Å². The van der Waals surface area contributed by atoms with Gasteiger partial charge in [0.15, 0.2) is 11.5 Å². The zero-order chi connectivity index (χ0) is 17.4. The van der Waals surface area contributed by atoms with E-state index in [0.29, 0.717) is 13.1 Å². The molecule has 1 spiro atoms. The van der Waals surface area contributed by atoms with E-state index in [0.717, 1.165) is 31.6 Å². The molecule has 2 aliphatic rings. The number of aromatic nitrogens is 4. The number of rotatable bonds is 4. The summed E-state index contributed by atoms with van der Waals surface area (Å²) in [4.78, 5) is 18.5. The Morgan fingerprint density at radius 2 is 2.28 bits per heavy atom. The molecule has 4 rings (SSSR count). The Kier molecular flexibility index (Phi) is 4.01.